The van der Waals surface area contributed by atoms with Crippen LogP contribution in [0.4, 0.5) is 5.69 Å². The monoisotopic (exact) mass is 432 g/mol. The van der Waals surface area contributed by atoms with Gasteiger partial charge in [-0.2, -0.15) is 10.2 Å². The Morgan fingerprint density at radius 2 is 1.86 bits per heavy atom. The predicted octanol–water partition coefficient (Wildman–Crippen LogP) is 2.98. The number of hydrogen-bond donors (Lipinski definition) is 1. The molecule has 1 saturated heterocycles. The number of nitrogens with zero attached hydrogens (tertiary/aromatic N) is 5. The number of benzene rings is 1. The molecule has 2 aromatic heterocycles. The third-order valence-corrected chi connectivity index (χ3v) is 5.12. The number of morpholine rings is 1. The van der Waals surface area contributed by atoms with E-state index in [0.717, 1.165) is 0 Å². The molecule has 3 aromatic rings. The highest BCUT2D eigenvalue weighted by molar-refractivity contribution is 6.35. The van der Waals surface area contributed by atoms with E-state index in [4.69, 9.17) is 27.9 Å². The summed E-state index contributed by atoms with van der Waals surface area (Å²) in [4.78, 5) is 21.0. The van der Waals surface area contributed by atoms with Crippen LogP contribution in [0.25, 0.3) is 5.82 Å². The lowest BCUT2D eigenvalue weighted by molar-refractivity contribution is -0.123. The second-order valence-corrected chi connectivity index (χ2v) is 7.27. The minimum absolute atomic E-state index is 0.206. The molecule has 4 rings (SSSR count). The van der Waals surface area contributed by atoms with Crippen molar-refractivity contribution in [2.75, 3.05) is 31.6 Å². The number of rotatable bonds is 5. The number of pyridine rings is 1. The van der Waals surface area contributed by atoms with E-state index in [1.807, 2.05) is 4.90 Å². The molecule has 1 aliphatic rings. The third-order valence-electron chi connectivity index (χ3n) is 4.56. The molecule has 0 saturated carbocycles. The molecule has 1 amide bonds. The molecule has 1 atom stereocenters. The molecule has 0 spiro atoms. The lowest BCUT2D eigenvalue weighted by Crippen LogP contribution is -2.44. The zero-order valence-electron chi connectivity index (χ0n) is 15.3. The van der Waals surface area contributed by atoms with Crippen molar-refractivity contribution in [1.29, 1.82) is 0 Å². The summed E-state index contributed by atoms with van der Waals surface area (Å²) in [5.41, 5.74) is 1.26. The lowest BCUT2D eigenvalue weighted by atomic mass is 10.0. The van der Waals surface area contributed by atoms with Gasteiger partial charge in [-0.3, -0.25) is 9.69 Å². The Kier molecular flexibility index (Phi) is 6.05. The molecule has 1 N–H and O–H groups in total. The number of carbonyl (C=O) groups is 1. The molecule has 3 heterocycles. The number of carbonyl (C=O) groups excluding carboxylic acids is 1. The van der Waals surface area contributed by atoms with Crippen LogP contribution in [-0.2, 0) is 9.53 Å². The molecule has 29 heavy (non-hydrogen) atoms. The summed E-state index contributed by atoms with van der Waals surface area (Å²) < 4.78 is 5.43. The zero-order chi connectivity index (χ0) is 20.2. The van der Waals surface area contributed by atoms with Gasteiger partial charge in [-0.05, 0) is 29.8 Å². The summed E-state index contributed by atoms with van der Waals surface area (Å²) in [5, 5.41) is 12.0. The first-order valence-corrected chi connectivity index (χ1v) is 9.78. The highest BCUT2D eigenvalue weighted by Crippen LogP contribution is 2.31. The number of hydrogen-bond acceptors (Lipinski definition) is 6. The Morgan fingerprint density at radius 3 is 2.52 bits per heavy atom. The second kappa shape index (κ2) is 8.87. The van der Waals surface area contributed by atoms with Gasteiger partial charge in [0.05, 0.1) is 37.5 Å². The second-order valence-electron chi connectivity index (χ2n) is 6.43. The van der Waals surface area contributed by atoms with Gasteiger partial charge in [-0.15, -0.1) is 4.80 Å². The first-order chi connectivity index (χ1) is 14.1. The van der Waals surface area contributed by atoms with E-state index >= 15 is 0 Å². The maximum Gasteiger partial charge on any atom is 0.246 e. The molecule has 1 aromatic carbocycles. The highest BCUT2D eigenvalue weighted by atomic mass is 35.5. The molecule has 1 aliphatic heterocycles. The maximum atomic E-state index is 13.2. The molecular formula is C19H18Cl2N6O2. The van der Waals surface area contributed by atoms with Gasteiger partial charge in [0.15, 0.2) is 5.82 Å². The van der Waals surface area contributed by atoms with Gasteiger partial charge < -0.3 is 10.1 Å². The number of aromatic nitrogens is 4. The van der Waals surface area contributed by atoms with Crippen molar-refractivity contribution in [3.63, 3.8) is 0 Å². The topological polar surface area (TPSA) is 85.2 Å². The van der Waals surface area contributed by atoms with Gasteiger partial charge in [-0.25, -0.2) is 4.98 Å². The lowest BCUT2D eigenvalue weighted by Gasteiger charge is -2.34. The fraction of sp³-hybridized carbons (Fsp3) is 0.263. The van der Waals surface area contributed by atoms with Crippen molar-refractivity contribution >= 4 is 34.8 Å². The van der Waals surface area contributed by atoms with Crippen LogP contribution in [0.5, 0.6) is 0 Å². The number of anilines is 1. The van der Waals surface area contributed by atoms with Crippen molar-refractivity contribution < 1.29 is 9.53 Å². The van der Waals surface area contributed by atoms with Gasteiger partial charge in [-0.1, -0.05) is 29.3 Å². The first-order valence-electron chi connectivity index (χ1n) is 9.02. The average Bonchev–Trinajstić information content (AvgIpc) is 3.26. The fourth-order valence-electron chi connectivity index (χ4n) is 3.19. The summed E-state index contributed by atoms with van der Waals surface area (Å²) in [7, 11) is 0. The highest BCUT2D eigenvalue weighted by Gasteiger charge is 2.31. The van der Waals surface area contributed by atoms with Crippen molar-refractivity contribution in [3.8, 4) is 5.82 Å². The molecule has 150 valence electrons. The third kappa shape index (κ3) is 4.56. The van der Waals surface area contributed by atoms with E-state index in [-0.39, 0.29) is 5.91 Å². The number of halogens is 2. The Morgan fingerprint density at radius 1 is 1.10 bits per heavy atom. The summed E-state index contributed by atoms with van der Waals surface area (Å²) in [6, 6.07) is 8.08. The Hall–Kier alpha value is -2.52. The van der Waals surface area contributed by atoms with E-state index < -0.39 is 6.04 Å². The Labute approximate surface area is 177 Å². The Balaban J connectivity index is 1.57. The van der Waals surface area contributed by atoms with Crippen LogP contribution in [0.1, 0.15) is 11.6 Å². The van der Waals surface area contributed by atoms with Crippen LogP contribution >= 0.6 is 23.2 Å². The van der Waals surface area contributed by atoms with Crippen molar-refractivity contribution in [1.82, 2.24) is 24.9 Å². The molecule has 10 heteroatoms. The molecule has 0 radical (unpaired) electrons. The van der Waals surface area contributed by atoms with E-state index in [1.165, 1.54) is 4.80 Å². The fourth-order valence-corrected chi connectivity index (χ4v) is 3.70. The van der Waals surface area contributed by atoms with Gasteiger partial charge in [0.1, 0.15) is 6.04 Å². The van der Waals surface area contributed by atoms with Crippen molar-refractivity contribution in [3.05, 3.63) is 64.5 Å². The van der Waals surface area contributed by atoms with Gasteiger partial charge >= 0.3 is 0 Å². The average molecular weight is 433 g/mol. The summed E-state index contributed by atoms with van der Waals surface area (Å²) in [6.07, 6.45) is 4.71. The first kappa shape index (κ1) is 19.8. The minimum atomic E-state index is -0.573. The standard InChI is InChI=1S/C19H18Cl2N6O2/c20-13-1-3-15(16(21)11-13)18(26-7-9-29-10-8-26)19(28)25-14-2-4-17(22-12-14)27-23-5-6-24-27/h1-6,11-12,18H,7-10H2,(H,25,28). The van der Waals surface area contributed by atoms with E-state index in [0.29, 0.717) is 53.4 Å². The van der Waals surface area contributed by atoms with Crippen LogP contribution < -0.4 is 5.32 Å². The summed E-state index contributed by atoms with van der Waals surface area (Å²) in [6.45, 7) is 2.36. The molecule has 0 aliphatic carbocycles. The summed E-state index contributed by atoms with van der Waals surface area (Å²) >= 11 is 12.5. The maximum absolute atomic E-state index is 13.2. The van der Waals surface area contributed by atoms with Crippen LogP contribution in [0.2, 0.25) is 10.0 Å². The Bertz CT molecular complexity index is 975. The van der Waals surface area contributed by atoms with Crippen molar-refractivity contribution in [2.24, 2.45) is 0 Å². The smallest absolute Gasteiger partial charge is 0.246 e. The van der Waals surface area contributed by atoms with E-state index in [2.05, 4.69) is 20.5 Å². The minimum Gasteiger partial charge on any atom is -0.379 e. The molecular weight excluding hydrogens is 415 g/mol. The van der Waals surface area contributed by atoms with Gasteiger partial charge in [0.2, 0.25) is 5.91 Å². The zero-order valence-corrected chi connectivity index (χ0v) is 16.8. The SMILES string of the molecule is O=C(Nc1ccc(-n2nccn2)nc1)C(c1ccc(Cl)cc1Cl)N1CCOCC1. The van der Waals surface area contributed by atoms with E-state index in [9.17, 15) is 4.79 Å². The normalized spacial score (nSPS) is 15.8. The van der Waals surface area contributed by atoms with Crippen LogP contribution in [-0.4, -0.2) is 57.1 Å². The van der Waals surface area contributed by atoms with Crippen LogP contribution in [0, 0.1) is 0 Å². The predicted molar refractivity (Wildman–Crippen MR) is 109 cm³/mol. The van der Waals surface area contributed by atoms with Crippen LogP contribution in [0.3, 0.4) is 0 Å². The largest absolute Gasteiger partial charge is 0.379 e. The summed E-state index contributed by atoms with van der Waals surface area (Å²) in [5.74, 6) is 0.348. The van der Waals surface area contributed by atoms with Crippen LogP contribution in [0.15, 0.2) is 48.9 Å². The quantitative estimate of drug-likeness (QED) is 0.666. The number of amides is 1. The molecule has 1 fully saturated rings. The van der Waals surface area contributed by atoms with Crippen molar-refractivity contribution in [2.45, 2.75) is 6.04 Å². The van der Waals surface area contributed by atoms with Gasteiger partial charge in [0.25, 0.3) is 0 Å². The molecule has 1 unspecified atom stereocenters. The van der Waals surface area contributed by atoms with E-state index in [1.54, 1.807) is 48.9 Å². The molecule has 8 nitrogen and oxygen atoms in total. The molecule has 0 bridgehead atoms. The number of nitrogens with one attached hydrogen (secondary N) is 1. The number of ether oxygens (including phenoxy) is 1. The van der Waals surface area contributed by atoms with Gasteiger partial charge in [0, 0.05) is 23.1 Å².